The van der Waals surface area contributed by atoms with Gasteiger partial charge in [-0.3, -0.25) is 15.1 Å². The topological polar surface area (TPSA) is 61.5 Å². The van der Waals surface area contributed by atoms with Gasteiger partial charge in [-0.15, -0.1) is 0 Å². The molecule has 0 bridgehead atoms. The van der Waals surface area contributed by atoms with Crippen molar-refractivity contribution < 1.29 is 4.79 Å². The minimum Gasteiger partial charge on any atom is -0.318 e. The lowest BCUT2D eigenvalue weighted by atomic mass is 9.98. The van der Waals surface area contributed by atoms with Gasteiger partial charge in [0.25, 0.3) is 5.91 Å². The zero-order valence-corrected chi connectivity index (χ0v) is 21.2. The first-order valence-corrected chi connectivity index (χ1v) is 12.7. The van der Waals surface area contributed by atoms with Crippen LogP contribution < -0.4 is 0 Å². The lowest BCUT2D eigenvalue weighted by molar-refractivity contribution is -0.114. The number of amides is 1. The summed E-state index contributed by atoms with van der Waals surface area (Å²) in [6.45, 7) is 8.56. The van der Waals surface area contributed by atoms with Gasteiger partial charge in [0.05, 0.1) is 11.3 Å². The Kier molecular flexibility index (Phi) is 6.07. The molecule has 3 heterocycles. The maximum atomic E-state index is 12.9. The van der Waals surface area contributed by atoms with Crippen LogP contribution in [0.15, 0.2) is 76.6 Å². The number of nitrogens with zero attached hydrogens (tertiary/aromatic N) is 3. The first-order chi connectivity index (χ1) is 16.9. The summed E-state index contributed by atoms with van der Waals surface area (Å²) in [5.74, 6) is 0.311. The lowest BCUT2D eigenvalue weighted by Crippen LogP contribution is -2.38. The second-order valence-corrected chi connectivity index (χ2v) is 9.83. The van der Waals surface area contributed by atoms with Crippen LogP contribution in [0.25, 0.3) is 17.5 Å². The van der Waals surface area contributed by atoms with Gasteiger partial charge in [0.2, 0.25) is 0 Å². The quantitative estimate of drug-likeness (QED) is 0.404. The summed E-state index contributed by atoms with van der Waals surface area (Å²) in [7, 11) is 0. The number of carbonyl (C=O) groups is 1. The van der Waals surface area contributed by atoms with Crippen molar-refractivity contribution in [1.29, 1.82) is 5.41 Å². The summed E-state index contributed by atoms with van der Waals surface area (Å²) < 4.78 is 2.19. The predicted molar refractivity (Wildman–Crippen MR) is 146 cm³/mol. The summed E-state index contributed by atoms with van der Waals surface area (Å²) in [6.07, 6.45) is 2.92. The molecule has 0 aliphatic carbocycles. The summed E-state index contributed by atoms with van der Waals surface area (Å²) in [6, 6.07) is 20.7. The smallest absolute Gasteiger partial charge is 0.283 e. The van der Waals surface area contributed by atoms with Crippen LogP contribution in [0.4, 0.5) is 0 Å². The number of aryl methyl sites for hydroxylation is 1. The Morgan fingerprint density at radius 1 is 1.09 bits per heavy atom. The molecule has 3 aromatic rings. The summed E-state index contributed by atoms with van der Waals surface area (Å²) in [5, 5.41) is 11.4. The third-order valence-corrected chi connectivity index (χ3v) is 7.61. The monoisotopic (exact) mass is 480 g/mol. The number of aromatic nitrogens is 1. The van der Waals surface area contributed by atoms with Crippen molar-refractivity contribution >= 4 is 40.4 Å². The van der Waals surface area contributed by atoms with Gasteiger partial charge < -0.3 is 4.57 Å². The first-order valence-electron chi connectivity index (χ1n) is 11.8. The molecule has 1 aromatic heterocycles. The van der Waals surface area contributed by atoms with E-state index in [0.29, 0.717) is 16.7 Å². The Hall–Kier alpha value is -3.64. The van der Waals surface area contributed by atoms with E-state index in [4.69, 9.17) is 5.41 Å². The number of carbonyl (C=O) groups excluding carboxylic acids is 1. The number of rotatable bonds is 5. The van der Waals surface area contributed by atoms with Gasteiger partial charge in [0.15, 0.2) is 5.17 Å². The molecule has 0 spiro atoms. The number of nitrogens with one attached hydrogen (secondary N) is 1. The standard InChI is InChI=1S/C29H28N4OS/c1-5-18(2)21-11-13-24(14-12-21)32-19(3)15-23(20(32)4)16-25-27(30)33-26(22-9-7-6-8-10-22)17-35-29(33)31-28(25)34/h6-18,30H,5H2,1-4H3/b25-16-,30-27?/t18-/m0/s1. The highest BCUT2D eigenvalue weighted by Gasteiger charge is 2.36. The Morgan fingerprint density at radius 3 is 2.49 bits per heavy atom. The molecule has 2 aliphatic rings. The molecule has 0 radical (unpaired) electrons. The van der Waals surface area contributed by atoms with Crippen molar-refractivity contribution in [2.24, 2.45) is 4.99 Å². The number of fused-ring (bicyclic) bond motifs is 1. The van der Waals surface area contributed by atoms with E-state index in [1.165, 1.54) is 17.3 Å². The minimum absolute atomic E-state index is 0.155. The summed E-state index contributed by atoms with van der Waals surface area (Å²) in [5.41, 5.74) is 7.59. The molecule has 176 valence electrons. The lowest BCUT2D eigenvalue weighted by Gasteiger charge is -2.26. The molecule has 5 nitrogen and oxygen atoms in total. The van der Waals surface area contributed by atoms with Crippen molar-refractivity contribution in [3.8, 4) is 5.69 Å². The summed E-state index contributed by atoms with van der Waals surface area (Å²) in [4.78, 5) is 19.0. The number of benzene rings is 2. The Balaban J connectivity index is 1.50. The predicted octanol–water partition coefficient (Wildman–Crippen LogP) is 6.91. The fourth-order valence-corrected chi connectivity index (χ4v) is 5.48. The number of amidine groups is 2. The zero-order valence-electron chi connectivity index (χ0n) is 20.4. The molecule has 0 saturated heterocycles. The number of hydrogen-bond donors (Lipinski definition) is 1. The largest absolute Gasteiger partial charge is 0.318 e. The van der Waals surface area contributed by atoms with Gasteiger partial charge in [0, 0.05) is 22.5 Å². The van der Waals surface area contributed by atoms with Crippen molar-refractivity contribution in [1.82, 2.24) is 9.47 Å². The highest BCUT2D eigenvalue weighted by Crippen LogP contribution is 2.37. The number of hydrogen-bond acceptors (Lipinski definition) is 3. The van der Waals surface area contributed by atoms with Crippen LogP contribution in [-0.4, -0.2) is 26.4 Å². The van der Waals surface area contributed by atoms with Gasteiger partial charge in [-0.25, -0.2) is 0 Å². The highest BCUT2D eigenvalue weighted by molar-refractivity contribution is 8.17. The average molecular weight is 481 g/mol. The van der Waals surface area contributed by atoms with E-state index >= 15 is 0 Å². The fourth-order valence-electron chi connectivity index (χ4n) is 4.59. The number of thioether (sulfide) groups is 1. The maximum Gasteiger partial charge on any atom is 0.283 e. The van der Waals surface area contributed by atoms with Crippen LogP contribution in [0.1, 0.15) is 54.3 Å². The van der Waals surface area contributed by atoms with E-state index in [1.807, 2.05) is 41.8 Å². The highest BCUT2D eigenvalue weighted by atomic mass is 32.2. The molecule has 6 heteroatoms. The van der Waals surface area contributed by atoms with Crippen LogP contribution in [0, 0.1) is 19.3 Å². The SMILES string of the molecule is CC[C@H](C)c1ccc(-n2c(C)cc(/C=C3/C(=N)N4C(c5ccccc5)=CSC4=NC3=O)c2C)cc1. The fraction of sp³-hybridized carbons (Fsp3) is 0.207. The van der Waals surface area contributed by atoms with Gasteiger partial charge in [-0.1, -0.05) is 68.1 Å². The number of aliphatic imine (C=N–C) groups is 1. The molecule has 2 aromatic carbocycles. The van der Waals surface area contributed by atoms with Gasteiger partial charge >= 0.3 is 0 Å². The third-order valence-electron chi connectivity index (χ3n) is 6.79. The van der Waals surface area contributed by atoms with Crippen LogP contribution in [0.3, 0.4) is 0 Å². The van der Waals surface area contributed by atoms with E-state index in [9.17, 15) is 4.79 Å². The van der Waals surface area contributed by atoms with E-state index in [0.717, 1.165) is 40.3 Å². The van der Waals surface area contributed by atoms with Crippen LogP contribution >= 0.6 is 11.8 Å². The average Bonchev–Trinajstić information content (AvgIpc) is 3.42. The van der Waals surface area contributed by atoms with Crippen LogP contribution in [-0.2, 0) is 4.79 Å². The van der Waals surface area contributed by atoms with Crippen molar-refractivity contribution in [2.75, 3.05) is 0 Å². The van der Waals surface area contributed by atoms with Crippen molar-refractivity contribution in [3.05, 3.63) is 99.7 Å². The van der Waals surface area contributed by atoms with E-state index < -0.39 is 0 Å². The molecule has 35 heavy (non-hydrogen) atoms. The molecule has 2 aliphatic heterocycles. The zero-order chi connectivity index (χ0) is 24.7. The Labute approximate surface area is 210 Å². The summed E-state index contributed by atoms with van der Waals surface area (Å²) >= 11 is 1.38. The maximum absolute atomic E-state index is 12.9. The van der Waals surface area contributed by atoms with E-state index in [1.54, 1.807) is 4.90 Å². The molecule has 1 N–H and O–H groups in total. The third kappa shape index (κ3) is 4.08. The molecule has 1 amide bonds. The van der Waals surface area contributed by atoms with Crippen LogP contribution in [0.5, 0.6) is 0 Å². The molecule has 0 unspecified atom stereocenters. The molecule has 0 fully saturated rings. The molecule has 5 rings (SSSR count). The molecular weight excluding hydrogens is 452 g/mol. The van der Waals surface area contributed by atoms with Gasteiger partial charge in [-0.2, -0.15) is 4.99 Å². The molecule has 1 atom stereocenters. The van der Waals surface area contributed by atoms with E-state index in [2.05, 4.69) is 67.6 Å². The van der Waals surface area contributed by atoms with Crippen molar-refractivity contribution in [2.45, 2.75) is 40.0 Å². The van der Waals surface area contributed by atoms with Gasteiger partial charge in [0.1, 0.15) is 5.84 Å². The molecular formula is C29H28N4OS. The second-order valence-electron chi connectivity index (χ2n) is 8.99. The van der Waals surface area contributed by atoms with Crippen LogP contribution in [0.2, 0.25) is 0 Å². The van der Waals surface area contributed by atoms with Crippen molar-refractivity contribution in [3.63, 3.8) is 0 Å². The van der Waals surface area contributed by atoms with E-state index in [-0.39, 0.29) is 11.7 Å². The normalized spacial score (nSPS) is 17.5. The minimum atomic E-state index is -0.376. The Morgan fingerprint density at radius 2 is 1.80 bits per heavy atom. The second kappa shape index (κ2) is 9.19. The Bertz CT molecular complexity index is 1410. The first kappa shape index (κ1) is 23.1. The molecule has 0 saturated carbocycles. The van der Waals surface area contributed by atoms with Gasteiger partial charge in [-0.05, 0) is 67.2 Å².